The fraction of sp³-hybridized carbons (Fsp3) is 0.0714. The number of H-pyrrole nitrogens is 1. The molecule has 0 saturated carbocycles. The number of amidine groups is 1. The number of aromatic amines is 1. The predicted octanol–water partition coefficient (Wildman–Crippen LogP) is 3.30. The van der Waals surface area contributed by atoms with E-state index in [-0.39, 0.29) is 5.91 Å². The van der Waals surface area contributed by atoms with E-state index < -0.39 is 0 Å². The summed E-state index contributed by atoms with van der Waals surface area (Å²) in [6.07, 6.45) is 5.21. The molecule has 5 nitrogen and oxygen atoms in total. The first kappa shape index (κ1) is 13.9. The molecule has 2 aromatic heterocycles. The number of rotatable bonds is 2. The quantitative estimate of drug-likeness (QED) is 0.682. The zero-order valence-electron chi connectivity index (χ0n) is 11.1. The van der Waals surface area contributed by atoms with Gasteiger partial charge in [0.25, 0.3) is 5.91 Å². The summed E-state index contributed by atoms with van der Waals surface area (Å²) in [6.45, 7) is 0. The number of thioether (sulfide) groups is 1. The molecule has 1 aliphatic heterocycles. The summed E-state index contributed by atoms with van der Waals surface area (Å²) >= 11 is 7.30. The fourth-order valence-corrected chi connectivity index (χ4v) is 2.92. The molecule has 1 saturated heterocycles. The van der Waals surface area contributed by atoms with Crippen molar-refractivity contribution >= 4 is 46.2 Å². The number of carbonyl (C=O) groups is 1. The third-order valence-electron chi connectivity index (χ3n) is 2.87. The van der Waals surface area contributed by atoms with Crippen molar-refractivity contribution in [1.82, 2.24) is 14.9 Å². The molecule has 1 fully saturated rings. The highest BCUT2D eigenvalue weighted by Gasteiger charge is 2.30. The predicted molar refractivity (Wildman–Crippen MR) is 85.5 cm³/mol. The topological polar surface area (TPSA) is 61.4 Å². The highest BCUT2D eigenvalue weighted by Crippen LogP contribution is 2.34. The van der Waals surface area contributed by atoms with Gasteiger partial charge in [-0.2, -0.15) is 0 Å². The van der Waals surface area contributed by atoms with Crippen molar-refractivity contribution in [2.45, 2.75) is 0 Å². The van der Waals surface area contributed by atoms with Crippen LogP contribution in [0.3, 0.4) is 0 Å². The summed E-state index contributed by atoms with van der Waals surface area (Å²) in [5, 5.41) is 0.890. The number of halogens is 1. The number of aliphatic imine (C=N–C) groups is 1. The molecule has 0 radical (unpaired) electrons. The normalized spacial score (nSPS) is 19.0. The zero-order chi connectivity index (χ0) is 14.8. The Labute approximate surface area is 130 Å². The molecule has 0 unspecified atom stereocenters. The maximum Gasteiger partial charge on any atom is 0.266 e. The number of hydrogen-bond acceptors (Lipinski definition) is 4. The molecular weight excluding hydrogens is 308 g/mol. The van der Waals surface area contributed by atoms with Crippen LogP contribution in [0, 0.1) is 0 Å². The van der Waals surface area contributed by atoms with Crippen molar-refractivity contribution in [1.29, 1.82) is 0 Å². The highest BCUT2D eigenvalue weighted by molar-refractivity contribution is 8.18. The van der Waals surface area contributed by atoms with Gasteiger partial charge in [-0.25, -0.2) is 9.98 Å². The van der Waals surface area contributed by atoms with E-state index in [1.807, 2.05) is 18.3 Å². The molecule has 2 aromatic rings. The van der Waals surface area contributed by atoms with Gasteiger partial charge in [0, 0.05) is 25.1 Å². The highest BCUT2D eigenvalue weighted by atomic mass is 35.5. The van der Waals surface area contributed by atoms with Crippen molar-refractivity contribution < 1.29 is 4.79 Å². The molecule has 3 heterocycles. The molecule has 21 heavy (non-hydrogen) atoms. The smallest absolute Gasteiger partial charge is 0.266 e. The van der Waals surface area contributed by atoms with Crippen LogP contribution in [0.15, 0.2) is 46.6 Å². The van der Waals surface area contributed by atoms with E-state index in [1.54, 1.807) is 31.5 Å². The van der Waals surface area contributed by atoms with Gasteiger partial charge in [-0.05, 0) is 42.1 Å². The summed E-state index contributed by atoms with van der Waals surface area (Å²) in [5.41, 5.74) is 1.42. The Hall–Kier alpha value is -2.05. The number of pyridine rings is 1. The number of carbonyl (C=O) groups excluding carboxylic acids is 1. The van der Waals surface area contributed by atoms with E-state index in [9.17, 15) is 4.79 Å². The summed E-state index contributed by atoms with van der Waals surface area (Å²) in [5.74, 6) is -0.0895. The zero-order valence-corrected chi connectivity index (χ0v) is 12.6. The minimum absolute atomic E-state index is 0.0895. The van der Waals surface area contributed by atoms with Crippen LogP contribution in [0.2, 0.25) is 5.15 Å². The van der Waals surface area contributed by atoms with E-state index in [1.165, 1.54) is 16.7 Å². The van der Waals surface area contributed by atoms with Crippen LogP contribution in [-0.4, -0.2) is 33.0 Å². The van der Waals surface area contributed by atoms with Gasteiger partial charge in [0.15, 0.2) is 10.3 Å². The Morgan fingerprint density at radius 3 is 3.00 bits per heavy atom. The lowest BCUT2D eigenvalue weighted by molar-refractivity contribution is -0.121. The molecule has 3 rings (SSSR count). The van der Waals surface area contributed by atoms with Crippen molar-refractivity contribution in [3.8, 4) is 0 Å². The standard InChI is InChI=1S/C14H11ClN4OS/c1-19-13(20)11(8-9-4-2-6-16-9)21-14(19)18-10-5-3-7-17-12(10)15/h2-8,16H,1H3/b11-8+,18-14?. The second-order valence-electron chi connectivity index (χ2n) is 4.31. The van der Waals surface area contributed by atoms with Crippen LogP contribution in [0.4, 0.5) is 5.69 Å². The third kappa shape index (κ3) is 2.86. The van der Waals surface area contributed by atoms with Crippen molar-refractivity contribution in [3.63, 3.8) is 0 Å². The fourth-order valence-electron chi connectivity index (χ4n) is 1.79. The first-order chi connectivity index (χ1) is 10.1. The molecule has 1 amide bonds. The molecule has 0 atom stereocenters. The first-order valence-electron chi connectivity index (χ1n) is 6.15. The van der Waals surface area contributed by atoms with Crippen LogP contribution in [0.1, 0.15) is 5.69 Å². The number of nitrogens with one attached hydrogen (secondary N) is 1. The number of likely N-dealkylation sites (N-methyl/N-ethyl adjacent to an activating group) is 1. The van der Waals surface area contributed by atoms with Gasteiger partial charge in [0.05, 0.1) is 4.91 Å². The lowest BCUT2D eigenvalue weighted by atomic mass is 10.3. The summed E-state index contributed by atoms with van der Waals surface area (Å²) < 4.78 is 0. The van der Waals surface area contributed by atoms with Crippen molar-refractivity contribution in [2.75, 3.05) is 7.05 Å². The van der Waals surface area contributed by atoms with Gasteiger partial charge in [0.1, 0.15) is 5.69 Å². The Bertz CT molecular complexity index is 739. The molecule has 0 aliphatic carbocycles. The SMILES string of the molecule is CN1C(=O)/C(=C\c2ccc[nH]2)SC1=Nc1cccnc1Cl. The molecule has 1 N–H and O–H groups in total. The van der Waals surface area contributed by atoms with Gasteiger partial charge in [-0.3, -0.25) is 9.69 Å². The Morgan fingerprint density at radius 2 is 2.29 bits per heavy atom. The second kappa shape index (κ2) is 5.75. The largest absolute Gasteiger partial charge is 0.362 e. The van der Waals surface area contributed by atoms with Gasteiger partial charge in [-0.15, -0.1) is 0 Å². The summed E-state index contributed by atoms with van der Waals surface area (Å²) in [6, 6.07) is 7.29. The van der Waals surface area contributed by atoms with Crippen molar-refractivity contribution in [3.05, 3.63) is 52.4 Å². The Balaban J connectivity index is 1.92. The Morgan fingerprint density at radius 1 is 1.43 bits per heavy atom. The number of hydrogen-bond donors (Lipinski definition) is 1. The molecule has 0 bridgehead atoms. The molecular formula is C14H11ClN4OS. The average Bonchev–Trinajstić information content (AvgIpc) is 3.07. The van der Waals surface area contributed by atoms with Crippen LogP contribution >= 0.6 is 23.4 Å². The number of amides is 1. The van der Waals surface area contributed by atoms with Gasteiger partial charge in [-0.1, -0.05) is 11.6 Å². The maximum absolute atomic E-state index is 12.2. The molecule has 1 aliphatic rings. The maximum atomic E-state index is 12.2. The second-order valence-corrected chi connectivity index (χ2v) is 5.68. The van der Waals surface area contributed by atoms with E-state index in [4.69, 9.17) is 11.6 Å². The van der Waals surface area contributed by atoms with Crippen LogP contribution in [-0.2, 0) is 4.79 Å². The summed E-state index contributed by atoms with van der Waals surface area (Å²) in [7, 11) is 1.69. The van der Waals surface area contributed by atoms with E-state index in [0.717, 1.165) is 5.69 Å². The molecule has 7 heteroatoms. The van der Waals surface area contributed by atoms with Crippen LogP contribution < -0.4 is 0 Å². The number of aromatic nitrogens is 2. The van der Waals surface area contributed by atoms with Gasteiger partial charge in [0.2, 0.25) is 0 Å². The molecule has 0 spiro atoms. The lowest BCUT2D eigenvalue weighted by Gasteiger charge is -2.07. The summed E-state index contributed by atoms with van der Waals surface area (Å²) in [4.78, 5) is 25.7. The molecule has 106 valence electrons. The number of nitrogens with zero attached hydrogens (tertiary/aromatic N) is 3. The van der Waals surface area contributed by atoms with Crippen LogP contribution in [0.25, 0.3) is 6.08 Å². The average molecular weight is 319 g/mol. The van der Waals surface area contributed by atoms with Gasteiger partial charge < -0.3 is 4.98 Å². The minimum atomic E-state index is -0.0895. The van der Waals surface area contributed by atoms with Gasteiger partial charge >= 0.3 is 0 Å². The van der Waals surface area contributed by atoms with E-state index in [2.05, 4.69) is 15.0 Å². The molecule has 0 aromatic carbocycles. The Kier molecular flexibility index (Phi) is 3.81. The third-order valence-corrected chi connectivity index (χ3v) is 4.22. The van der Waals surface area contributed by atoms with E-state index in [0.29, 0.717) is 20.9 Å². The minimum Gasteiger partial charge on any atom is -0.362 e. The van der Waals surface area contributed by atoms with E-state index >= 15 is 0 Å². The monoisotopic (exact) mass is 318 g/mol. The van der Waals surface area contributed by atoms with Crippen molar-refractivity contribution in [2.24, 2.45) is 4.99 Å². The first-order valence-corrected chi connectivity index (χ1v) is 7.35. The van der Waals surface area contributed by atoms with Crippen LogP contribution in [0.5, 0.6) is 0 Å². The lowest BCUT2D eigenvalue weighted by Crippen LogP contribution is -2.23.